The van der Waals surface area contributed by atoms with Crippen molar-refractivity contribution >= 4 is 28.7 Å². The van der Waals surface area contributed by atoms with Gasteiger partial charge in [0.15, 0.2) is 5.16 Å². The van der Waals surface area contributed by atoms with Crippen molar-refractivity contribution in [2.75, 3.05) is 13.6 Å². The summed E-state index contributed by atoms with van der Waals surface area (Å²) in [5.74, 6) is -2.76. The van der Waals surface area contributed by atoms with E-state index in [-0.39, 0.29) is 17.6 Å². The number of aromatic amines is 1. The number of imidazole rings is 1. The van der Waals surface area contributed by atoms with Gasteiger partial charge in [-0.1, -0.05) is 42.5 Å². The minimum Gasteiger partial charge on any atom is -0.344 e. The van der Waals surface area contributed by atoms with Crippen LogP contribution in [-0.4, -0.2) is 49.9 Å². The number of H-pyrrole nitrogens is 1. The number of rotatable bonds is 9. The van der Waals surface area contributed by atoms with Crippen LogP contribution in [0.5, 0.6) is 0 Å². The molecule has 0 aliphatic heterocycles. The van der Waals surface area contributed by atoms with Crippen molar-refractivity contribution in [1.29, 1.82) is 0 Å². The molecule has 0 spiro atoms. The molecule has 0 atom stereocenters. The number of nitrogens with one attached hydrogen (secondary N) is 1. The number of aromatic nitrogens is 4. The Morgan fingerprint density at radius 3 is 2.69 bits per heavy atom. The summed E-state index contributed by atoms with van der Waals surface area (Å²) in [5, 5.41) is 7.55. The van der Waals surface area contributed by atoms with E-state index in [1.165, 1.54) is 0 Å². The maximum absolute atomic E-state index is 13.0. The SMILES string of the molecule is CN(CCCc1cc(-c2ccccc2)n[nH]1)C(=O)Cn1c(SC(F)F)nc2ccccc21. The van der Waals surface area contributed by atoms with Crippen LogP contribution in [0.15, 0.2) is 65.8 Å². The lowest BCUT2D eigenvalue weighted by Crippen LogP contribution is -2.31. The molecule has 4 rings (SSSR count). The molecule has 6 nitrogen and oxygen atoms in total. The van der Waals surface area contributed by atoms with Crippen molar-refractivity contribution in [3.05, 3.63) is 66.4 Å². The van der Waals surface area contributed by atoms with Crippen molar-refractivity contribution in [3.8, 4) is 11.3 Å². The Balaban J connectivity index is 1.35. The molecule has 2 aromatic carbocycles. The average molecular weight is 456 g/mol. The molecule has 32 heavy (non-hydrogen) atoms. The summed E-state index contributed by atoms with van der Waals surface area (Å²) >= 11 is 0.357. The van der Waals surface area contributed by atoms with E-state index in [2.05, 4.69) is 15.2 Å². The number of fused-ring (bicyclic) bond motifs is 1. The summed E-state index contributed by atoms with van der Waals surface area (Å²) in [4.78, 5) is 18.7. The maximum atomic E-state index is 13.0. The Morgan fingerprint density at radius 1 is 1.16 bits per heavy atom. The normalized spacial score (nSPS) is 11.4. The van der Waals surface area contributed by atoms with E-state index in [4.69, 9.17) is 0 Å². The lowest BCUT2D eigenvalue weighted by Gasteiger charge is -2.18. The molecule has 2 heterocycles. The molecule has 0 saturated heterocycles. The molecule has 0 aliphatic rings. The molecule has 0 unspecified atom stereocenters. The molecule has 4 aromatic rings. The number of carbonyl (C=O) groups is 1. The molecular weight excluding hydrogens is 432 g/mol. The van der Waals surface area contributed by atoms with Crippen LogP contribution in [0.4, 0.5) is 8.78 Å². The largest absolute Gasteiger partial charge is 0.344 e. The second kappa shape index (κ2) is 9.95. The van der Waals surface area contributed by atoms with Crippen LogP contribution in [0, 0.1) is 0 Å². The van der Waals surface area contributed by atoms with Gasteiger partial charge in [-0.05, 0) is 42.8 Å². The van der Waals surface area contributed by atoms with Crippen LogP contribution in [0.25, 0.3) is 22.3 Å². The van der Waals surface area contributed by atoms with Gasteiger partial charge in [0.1, 0.15) is 6.54 Å². The van der Waals surface area contributed by atoms with Gasteiger partial charge in [-0.2, -0.15) is 13.9 Å². The Morgan fingerprint density at radius 2 is 1.91 bits per heavy atom. The molecular formula is C23H23F2N5OS. The number of aryl methyl sites for hydroxylation is 1. The second-order valence-electron chi connectivity index (χ2n) is 7.41. The fraction of sp³-hybridized carbons (Fsp3) is 0.261. The van der Waals surface area contributed by atoms with Gasteiger partial charge in [0.05, 0.1) is 16.7 Å². The van der Waals surface area contributed by atoms with Crippen LogP contribution >= 0.6 is 11.8 Å². The molecule has 1 N–H and O–H groups in total. The Bertz CT molecular complexity index is 1190. The van der Waals surface area contributed by atoms with Crippen LogP contribution in [0.1, 0.15) is 12.1 Å². The van der Waals surface area contributed by atoms with Gasteiger partial charge in [0, 0.05) is 24.8 Å². The van der Waals surface area contributed by atoms with Gasteiger partial charge in [0.2, 0.25) is 5.91 Å². The lowest BCUT2D eigenvalue weighted by atomic mass is 10.1. The Labute approximate surface area is 188 Å². The number of likely N-dealkylation sites (N-methyl/N-ethyl adjacent to an activating group) is 1. The molecule has 0 fully saturated rings. The highest BCUT2D eigenvalue weighted by Gasteiger charge is 2.19. The van der Waals surface area contributed by atoms with Gasteiger partial charge >= 0.3 is 0 Å². The third kappa shape index (κ3) is 5.16. The van der Waals surface area contributed by atoms with E-state index in [0.29, 0.717) is 29.3 Å². The van der Waals surface area contributed by atoms with E-state index in [0.717, 1.165) is 29.8 Å². The van der Waals surface area contributed by atoms with Crippen molar-refractivity contribution in [2.45, 2.75) is 30.3 Å². The first-order valence-corrected chi connectivity index (χ1v) is 11.1. The summed E-state index contributed by atoms with van der Waals surface area (Å²) in [6, 6.07) is 19.1. The number of hydrogen-bond donors (Lipinski definition) is 1. The quantitative estimate of drug-likeness (QED) is 0.367. The molecule has 0 radical (unpaired) electrons. The zero-order valence-electron chi connectivity index (χ0n) is 17.5. The van der Waals surface area contributed by atoms with Crippen molar-refractivity contribution in [2.24, 2.45) is 0 Å². The lowest BCUT2D eigenvalue weighted by molar-refractivity contribution is -0.130. The first kappa shape index (κ1) is 22.0. The molecule has 0 bridgehead atoms. The van der Waals surface area contributed by atoms with Crippen LogP contribution in [-0.2, 0) is 17.8 Å². The summed E-state index contributed by atoms with van der Waals surface area (Å²) in [7, 11) is 1.73. The fourth-order valence-corrected chi connectivity index (χ4v) is 4.11. The number of para-hydroxylation sites is 2. The summed E-state index contributed by atoms with van der Waals surface area (Å²) in [6.07, 6.45) is 1.50. The van der Waals surface area contributed by atoms with Crippen LogP contribution in [0.3, 0.4) is 0 Å². The number of carbonyl (C=O) groups excluding carboxylic acids is 1. The van der Waals surface area contributed by atoms with Crippen LogP contribution in [0.2, 0.25) is 0 Å². The van der Waals surface area contributed by atoms with E-state index in [9.17, 15) is 13.6 Å². The predicted molar refractivity (Wildman–Crippen MR) is 122 cm³/mol. The number of alkyl halides is 2. The number of halogens is 2. The van der Waals surface area contributed by atoms with Gasteiger partial charge in [-0.3, -0.25) is 9.89 Å². The standard InChI is InChI=1S/C23H23F2N5OS/c1-29(13-7-10-17-14-19(28-27-17)16-8-3-2-4-9-16)21(31)15-30-20-12-6-5-11-18(20)26-23(30)32-22(24)25/h2-6,8-9,11-12,14,22H,7,10,13,15H2,1H3,(H,27,28). The van der Waals surface area contributed by atoms with Crippen molar-refractivity contribution < 1.29 is 13.6 Å². The smallest absolute Gasteiger partial charge is 0.291 e. The van der Waals surface area contributed by atoms with Crippen molar-refractivity contribution in [3.63, 3.8) is 0 Å². The highest BCUT2D eigenvalue weighted by Crippen LogP contribution is 2.28. The van der Waals surface area contributed by atoms with Gasteiger partial charge in [-0.15, -0.1) is 0 Å². The second-order valence-corrected chi connectivity index (χ2v) is 8.37. The summed E-state index contributed by atoms with van der Waals surface area (Å²) in [5.41, 5.74) is 4.21. The van der Waals surface area contributed by atoms with Gasteiger partial charge < -0.3 is 9.47 Å². The molecule has 9 heteroatoms. The Kier molecular flexibility index (Phi) is 6.84. The number of amides is 1. The summed E-state index contributed by atoms with van der Waals surface area (Å²) in [6.45, 7) is 0.511. The third-order valence-electron chi connectivity index (χ3n) is 5.17. The van der Waals surface area contributed by atoms with Crippen molar-refractivity contribution in [1.82, 2.24) is 24.6 Å². The predicted octanol–water partition coefficient (Wildman–Crippen LogP) is 4.83. The topological polar surface area (TPSA) is 66.8 Å². The molecule has 166 valence electrons. The minimum absolute atomic E-state index is 0.0335. The molecule has 2 aromatic heterocycles. The first-order valence-electron chi connectivity index (χ1n) is 10.2. The highest BCUT2D eigenvalue weighted by molar-refractivity contribution is 7.99. The molecule has 1 amide bonds. The summed E-state index contributed by atoms with van der Waals surface area (Å²) < 4.78 is 27.5. The van der Waals surface area contributed by atoms with E-state index in [1.54, 1.807) is 40.8 Å². The number of benzene rings is 2. The molecule has 0 aliphatic carbocycles. The zero-order valence-corrected chi connectivity index (χ0v) is 18.4. The molecule has 0 saturated carbocycles. The number of thioether (sulfide) groups is 1. The third-order valence-corrected chi connectivity index (χ3v) is 5.87. The van der Waals surface area contributed by atoms with E-state index in [1.807, 2.05) is 36.4 Å². The minimum atomic E-state index is -2.60. The number of hydrogen-bond acceptors (Lipinski definition) is 4. The highest BCUT2D eigenvalue weighted by atomic mass is 32.2. The fourth-order valence-electron chi connectivity index (χ4n) is 3.51. The zero-order chi connectivity index (χ0) is 22.5. The monoisotopic (exact) mass is 455 g/mol. The van der Waals surface area contributed by atoms with E-state index < -0.39 is 5.76 Å². The average Bonchev–Trinajstić information content (AvgIpc) is 3.39. The number of nitrogens with zero attached hydrogens (tertiary/aromatic N) is 4. The van der Waals surface area contributed by atoms with Crippen LogP contribution < -0.4 is 0 Å². The Hall–Kier alpha value is -3.20. The maximum Gasteiger partial charge on any atom is 0.291 e. The van der Waals surface area contributed by atoms with E-state index >= 15 is 0 Å². The van der Waals surface area contributed by atoms with Gasteiger partial charge in [0.25, 0.3) is 5.76 Å². The van der Waals surface area contributed by atoms with Gasteiger partial charge in [-0.25, -0.2) is 4.98 Å². The first-order chi connectivity index (χ1) is 15.5.